The van der Waals surface area contributed by atoms with Crippen molar-refractivity contribution in [3.8, 4) is 11.8 Å². The third-order valence-corrected chi connectivity index (χ3v) is 2.63. The van der Waals surface area contributed by atoms with E-state index < -0.39 is 11.9 Å². The molecule has 0 radical (unpaired) electrons. The summed E-state index contributed by atoms with van der Waals surface area (Å²) < 4.78 is 5.08. The molecule has 0 saturated heterocycles. The van der Waals surface area contributed by atoms with Crippen molar-refractivity contribution < 1.29 is 14.3 Å². The van der Waals surface area contributed by atoms with Crippen molar-refractivity contribution in [3.63, 3.8) is 0 Å². The van der Waals surface area contributed by atoms with Crippen LogP contribution < -0.4 is 0 Å². The Morgan fingerprint density at radius 1 is 1.37 bits per heavy atom. The van der Waals surface area contributed by atoms with Crippen molar-refractivity contribution in [1.82, 2.24) is 0 Å². The number of carbonyl (C=O) groups excluding carboxylic acids is 2. The zero-order chi connectivity index (χ0) is 13.9. The molecule has 3 nitrogen and oxygen atoms in total. The second-order valence-electron chi connectivity index (χ2n) is 4.13. The van der Waals surface area contributed by atoms with Crippen LogP contribution in [0.1, 0.15) is 25.3 Å². The van der Waals surface area contributed by atoms with Crippen molar-refractivity contribution >= 4 is 12.3 Å². The van der Waals surface area contributed by atoms with E-state index in [9.17, 15) is 9.59 Å². The van der Waals surface area contributed by atoms with Gasteiger partial charge in [-0.05, 0) is 25.3 Å². The average Bonchev–Trinajstić information content (AvgIpc) is 2.45. The summed E-state index contributed by atoms with van der Waals surface area (Å²) in [7, 11) is 0. The highest BCUT2D eigenvalue weighted by Gasteiger charge is 2.19. The highest BCUT2D eigenvalue weighted by atomic mass is 16.5. The van der Waals surface area contributed by atoms with Gasteiger partial charge in [-0.25, -0.2) is 0 Å². The molecule has 1 aromatic rings. The van der Waals surface area contributed by atoms with Crippen LogP contribution in [-0.4, -0.2) is 18.9 Å². The van der Waals surface area contributed by atoms with E-state index in [4.69, 9.17) is 4.74 Å². The molecule has 0 bridgehead atoms. The van der Waals surface area contributed by atoms with Gasteiger partial charge in [0, 0.05) is 6.42 Å². The number of hydrogen-bond donors (Lipinski definition) is 0. The molecule has 100 valence electrons. The summed E-state index contributed by atoms with van der Waals surface area (Å²) in [5, 5.41) is 0. The van der Waals surface area contributed by atoms with E-state index in [1.165, 1.54) is 0 Å². The lowest BCUT2D eigenvalue weighted by Gasteiger charge is -2.10. The Morgan fingerprint density at radius 3 is 2.74 bits per heavy atom. The van der Waals surface area contributed by atoms with E-state index in [-0.39, 0.29) is 0 Å². The normalized spacial score (nSPS) is 11.0. The SMILES string of the molecule is CC#CCCCOC(=O)C(C=O)Cc1ccccc1. The van der Waals surface area contributed by atoms with Gasteiger partial charge >= 0.3 is 5.97 Å². The lowest BCUT2D eigenvalue weighted by atomic mass is 10.0. The molecule has 1 aromatic carbocycles. The number of benzene rings is 1. The number of ether oxygens (including phenoxy) is 1. The predicted molar refractivity (Wildman–Crippen MR) is 73.3 cm³/mol. The summed E-state index contributed by atoms with van der Waals surface area (Å²) in [6, 6.07) is 9.44. The Hall–Kier alpha value is -2.08. The molecule has 0 heterocycles. The van der Waals surface area contributed by atoms with Crippen LogP contribution in [0.4, 0.5) is 0 Å². The fourth-order valence-corrected chi connectivity index (χ4v) is 1.62. The highest BCUT2D eigenvalue weighted by molar-refractivity contribution is 5.88. The van der Waals surface area contributed by atoms with Gasteiger partial charge in [0.15, 0.2) is 0 Å². The Morgan fingerprint density at radius 2 is 2.11 bits per heavy atom. The Labute approximate surface area is 114 Å². The smallest absolute Gasteiger partial charge is 0.316 e. The molecule has 1 rings (SSSR count). The van der Waals surface area contributed by atoms with Crippen LogP contribution in [0.2, 0.25) is 0 Å². The molecule has 0 aromatic heterocycles. The monoisotopic (exact) mass is 258 g/mol. The molecule has 3 heteroatoms. The van der Waals surface area contributed by atoms with Gasteiger partial charge in [0.2, 0.25) is 0 Å². The first-order valence-electron chi connectivity index (χ1n) is 6.33. The Bertz CT molecular complexity index is 454. The first-order valence-corrected chi connectivity index (χ1v) is 6.33. The lowest BCUT2D eigenvalue weighted by molar-refractivity contribution is -0.149. The largest absolute Gasteiger partial charge is 0.465 e. The van der Waals surface area contributed by atoms with Crippen LogP contribution in [0.15, 0.2) is 30.3 Å². The minimum Gasteiger partial charge on any atom is -0.465 e. The molecule has 0 aliphatic heterocycles. The van der Waals surface area contributed by atoms with Crippen molar-refractivity contribution in [2.75, 3.05) is 6.61 Å². The zero-order valence-corrected chi connectivity index (χ0v) is 11.1. The maximum absolute atomic E-state index is 11.7. The molecule has 0 fully saturated rings. The highest BCUT2D eigenvalue weighted by Crippen LogP contribution is 2.09. The van der Waals surface area contributed by atoms with E-state index in [2.05, 4.69) is 11.8 Å². The average molecular weight is 258 g/mol. The molecule has 1 atom stereocenters. The number of esters is 1. The van der Waals surface area contributed by atoms with Gasteiger partial charge in [0.05, 0.1) is 6.61 Å². The third kappa shape index (κ3) is 5.87. The first kappa shape index (κ1) is 15.0. The van der Waals surface area contributed by atoms with E-state index in [1.807, 2.05) is 30.3 Å². The first-order chi connectivity index (χ1) is 9.27. The van der Waals surface area contributed by atoms with Gasteiger partial charge in [-0.15, -0.1) is 11.8 Å². The maximum Gasteiger partial charge on any atom is 0.316 e. The van der Waals surface area contributed by atoms with E-state index in [0.29, 0.717) is 32.2 Å². The quantitative estimate of drug-likeness (QED) is 0.248. The molecule has 0 aliphatic carbocycles. The summed E-state index contributed by atoms with van der Waals surface area (Å²) in [5.74, 6) is 4.49. The maximum atomic E-state index is 11.7. The summed E-state index contributed by atoms with van der Waals surface area (Å²) >= 11 is 0. The van der Waals surface area contributed by atoms with Gasteiger partial charge in [0.25, 0.3) is 0 Å². The van der Waals surface area contributed by atoms with E-state index >= 15 is 0 Å². The minimum atomic E-state index is -0.723. The second-order valence-corrected chi connectivity index (χ2v) is 4.13. The minimum absolute atomic E-state index is 0.312. The number of aldehydes is 1. The summed E-state index contributed by atoms with van der Waals surface area (Å²) in [5.41, 5.74) is 0.952. The number of rotatable bonds is 7. The number of carbonyl (C=O) groups is 2. The van der Waals surface area contributed by atoms with Crippen molar-refractivity contribution in [2.45, 2.75) is 26.2 Å². The molecule has 0 saturated carbocycles. The van der Waals surface area contributed by atoms with E-state index in [0.717, 1.165) is 5.56 Å². The van der Waals surface area contributed by atoms with Crippen LogP contribution in [-0.2, 0) is 20.7 Å². The van der Waals surface area contributed by atoms with Gasteiger partial charge in [0.1, 0.15) is 12.2 Å². The molecule has 0 amide bonds. The number of unbranched alkanes of at least 4 members (excludes halogenated alkanes) is 1. The van der Waals surface area contributed by atoms with Crippen molar-refractivity contribution in [2.24, 2.45) is 5.92 Å². The van der Waals surface area contributed by atoms with Crippen LogP contribution in [0.25, 0.3) is 0 Å². The molecular formula is C16H18O3. The summed E-state index contributed by atoms with van der Waals surface area (Å²) in [4.78, 5) is 22.7. The molecule has 0 spiro atoms. The second kappa shape index (κ2) is 8.93. The molecule has 0 N–H and O–H groups in total. The molecule has 1 unspecified atom stereocenters. The van der Waals surface area contributed by atoms with Gasteiger partial charge in [-0.1, -0.05) is 30.3 Å². The third-order valence-electron chi connectivity index (χ3n) is 2.63. The van der Waals surface area contributed by atoms with Gasteiger partial charge in [-0.2, -0.15) is 0 Å². The van der Waals surface area contributed by atoms with Crippen molar-refractivity contribution in [1.29, 1.82) is 0 Å². The molecular weight excluding hydrogens is 240 g/mol. The lowest BCUT2D eigenvalue weighted by Crippen LogP contribution is -2.21. The zero-order valence-electron chi connectivity index (χ0n) is 11.1. The van der Waals surface area contributed by atoms with Crippen molar-refractivity contribution in [3.05, 3.63) is 35.9 Å². The topological polar surface area (TPSA) is 43.4 Å². The van der Waals surface area contributed by atoms with Gasteiger partial charge < -0.3 is 9.53 Å². The summed E-state index contributed by atoms with van der Waals surface area (Å²) in [6.07, 6.45) is 2.44. The fourth-order valence-electron chi connectivity index (χ4n) is 1.62. The number of hydrogen-bond acceptors (Lipinski definition) is 3. The standard InChI is InChI=1S/C16H18O3/c1-2-3-4-8-11-19-16(18)15(13-17)12-14-9-6-5-7-10-14/h5-7,9-10,13,15H,4,8,11-12H2,1H3. The van der Waals surface area contributed by atoms with Crippen LogP contribution in [0.5, 0.6) is 0 Å². The molecule has 0 aliphatic rings. The fraction of sp³-hybridized carbons (Fsp3) is 0.375. The molecule has 19 heavy (non-hydrogen) atoms. The van der Waals surface area contributed by atoms with Crippen LogP contribution in [0.3, 0.4) is 0 Å². The van der Waals surface area contributed by atoms with Crippen LogP contribution >= 0.6 is 0 Å². The van der Waals surface area contributed by atoms with Gasteiger partial charge in [-0.3, -0.25) is 4.79 Å². The summed E-state index contributed by atoms with van der Waals surface area (Å²) in [6.45, 7) is 2.08. The Balaban J connectivity index is 2.39. The van der Waals surface area contributed by atoms with E-state index in [1.54, 1.807) is 6.92 Å². The van der Waals surface area contributed by atoms with Crippen LogP contribution in [0, 0.1) is 17.8 Å². The Kier molecular flexibility index (Phi) is 7.04. The predicted octanol–water partition coefficient (Wildman–Crippen LogP) is 2.39.